The van der Waals surface area contributed by atoms with E-state index in [9.17, 15) is 62.6 Å². The number of nitrogens with one attached hydrogen (secondary N) is 14. The quantitative estimate of drug-likeness (QED) is 0.0591. The van der Waals surface area contributed by atoms with E-state index >= 15 is 0 Å². The molecule has 9 atom stereocenters. The van der Waals surface area contributed by atoms with Gasteiger partial charge in [-0.1, -0.05) is 106 Å². The van der Waals surface area contributed by atoms with Crippen LogP contribution in [0.2, 0.25) is 0 Å². The van der Waals surface area contributed by atoms with Crippen LogP contribution in [-0.2, 0) is 76.8 Å². The highest BCUT2D eigenvalue weighted by Crippen LogP contribution is 2.25. The Balaban J connectivity index is 1.33. The number of para-hydroxylation sites is 2. The zero-order valence-corrected chi connectivity index (χ0v) is 55.8. The highest BCUT2D eigenvalue weighted by molar-refractivity contribution is 8.76. The summed E-state index contributed by atoms with van der Waals surface area (Å²) in [5, 5.41) is 40.9. The molecule has 0 aliphatic carbocycles. The summed E-state index contributed by atoms with van der Waals surface area (Å²) in [6.45, 7) is 13.3. The summed E-state index contributed by atoms with van der Waals surface area (Å²) in [7, 11) is 2.43. The zero-order valence-electron chi connectivity index (χ0n) is 54.2. The summed E-state index contributed by atoms with van der Waals surface area (Å²) in [6.07, 6.45) is 5.37. The molecule has 0 bridgehead atoms. The molecule has 3 aromatic heterocycles. The number of hydrogen-bond acceptors (Lipinski definition) is 15. The largest absolute Gasteiger partial charge is 0.481 e. The van der Waals surface area contributed by atoms with Crippen molar-refractivity contribution in [1.82, 2.24) is 78.4 Å². The van der Waals surface area contributed by atoms with Gasteiger partial charge in [0.15, 0.2) is 0 Å². The van der Waals surface area contributed by atoms with Crippen LogP contribution in [0.15, 0.2) is 73.4 Å². The Bertz CT molecular complexity index is 3450. The lowest BCUT2D eigenvalue weighted by Crippen LogP contribution is -2.61. The van der Waals surface area contributed by atoms with Gasteiger partial charge < -0.3 is 78.5 Å². The van der Waals surface area contributed by atoms with Gasteiger partial charge in [0.05, 0.1) is 18.6 Å². The Hall–Kier alpha value is -8.93. The highest BCUT2D eigenvalue weighted by atomic mass is 33.1. The van der Waals surface area contributed by atoms with Crippen LogP contribution < -0.4 is 58.5 Å². The number of aromatic amines is 3. The maximum absolute atomic E-state index is 14.7. The van der Waals surface area contributed by atoms with Crippen molar-refractivity contribution >= 4 is 114 Å². The van der Waals surface area contributed by atoms with Crippen molar-refractivity contribution in [2.45, 2.75) is 168 Å². The van der Waals surface area contributed by atoms with Crippen molar-refractivity contribution < 1.29 is 62.6 Å². The second-order valence-corrected chi connectivity index (χ2v) is 27.1. The second kappa shape index (κ2) is 36.5. The number of nitrogens with zero attached hydrogens (tertiary/aromatic N) is 1. The molecule has 30 heteroatoms. The minimum absolute atomic E-state index is 0.00621. The summed E-state index contributed by atoms with van der Waals surface area (Å²) in [5.74, 6) is -10.7. The molecule has 1 aliphatic rings. The second-order valence-electron chi connectivity index (χ2n) is 24.5. The third-order valence-corrected chi connectivity index (χ3v) is 17.8. The molecule has 15 N–H and O–H groups in total. The number of imidazole rings is 1. The molecule has 0 radical (unpaired) electrons. The molecule has 1 saturated heterocycles. The van der Waals surface area contributed by atoms with Crippen LogP contribution in [0.1, 0.15) is 111 Å². The summed E-state index contributed by atoms with van der Waals surface area (Å²) < 4.78 is 0. The Morgan fingerprint density at radius 3 is 1.66 bits per heavy atom. The highest BCUT2D eigenvalue weighted by Gasteiger charge is 2.37. The first-order chi connectivity index (χ1) is 44.8. The first kappa shape index (κ1) is 74.1. The normalized spacial score (nSPS) is 23.1. The molecular formula is C64H89N15O13S2. The van der Waals surface area contributed by atoms with E-state index < -0.39 is 151 Å². The number of carboxylic acids is 1. The van der Waals surface area contributed by atoms with E-state index in [0.29, 0.717) is 23.2 Å². The van der Waals surface area contributed by atoms with Crippen molar-refractivity contribution in [3.05, 3.63) is 90.3 Å². The summed E-state index contributed by atoms with van der Waals surface area (Å²) >= 11 is 0. The van der Waals surface area contributed by atoms with Gasteiger partial charge in [-0.25, -0.2) is 4.98 Å². The molecule has 4 heterocycles. The number of carbonyl (C=O) groups excluding carboxylic acids is 11. The smallest absolute Gasteiger partial charge is 0.303 e. The van der Waals surface area contributed by atoms with Gasteiger partial charge in [0, 0.05) is 90.6 Å². The number of aliphatic carboxylic acids is 1. The molecule has 1 unspecified atom stereocenters. The van der Waals surface area contributed by atoms with Gasteiger partial charge in [-0.3, -0.25) is 57.5 Å². The Labute approximate surface area is 553 Å². The molecule has 1 aliphatic heterocycles. The molecule has 6 rings (SSSR count). The predicted octanol–water partition coefficient (Wildman–Crippen LogP) is 1.82. The number of benzene rings is 2. The van der Waals surface area contributed by atoms with Gasteiger partial charge >= 0.3 is 5.97 Å². The summed E-state index contributed by atoms with van der Waals surface area (Å²) in [4.78, 5) is 182. The van der Waals surface area contributed by atoms with Gasteiger partial charge in [0.2, 0.25) is 65.0 Å². The average molecular weight is 1340 g/mol. The fourth-order valence-corrected chi connectivity index (χ4v) is 12.6. The van der Waals surface area contributed by atoms with E-state index in [2.05, 4.69) is 78.4 Å². The van der Waals surface area contributed by atoms with Gasteiger partial charge in [-0.05, 0) is 73.6 Å². The van der Waals surface area contributed by atoms with Gasteiger partial charge in [0.1, 0.15) is 54.4 Å². The van der Waals surface area contributed by atoms with Crippen LogP contribution in [0.25, 0.3) is 21.8 Å². The first-order valence-electron chi connectivity index (χ1n) is 31.6. The molecule has 94 heavy (non-hydrogen) atoms. The number of H-pyrrole nitrogens is 3. The molecule has 28 nitrogen and oxygen atoms in total. The molecular weight excluding hydrogens is 1250 g/mol. The van der Waals surface area contributed by atoms with Crippen molar-refractivity contribution in [2.24, 2.45) is 17.8 Å². The topological polar surface area (TPSA) is 418 Å². The molecule has 5 aromatic rings. The van der Waals surface area contributed by atoms with E-state index in [1.54, 1.807) is 53.9 Å². The molecule has 1 fully saturated rings. The van der Waals surface area contributed by atoms with E-state index in [0.717, 1.165) is 21.8 Å². The molecule has 11 amide bonds. The molecule has 2 aromatic carbocycles. The van der Waals surface area contributed by atoms with E-state index in [1.165, 1.54) is 41.0 Å². The number of aromatic nitrogens is 4. The van der Waals surface area contributed by atoms with Crippen LogP contribution >= 0.6 is 21.6 Å². The number of carboxylic acid groups (broad SMARTS) is 1. The maximum Gasteiger partial charge on any atom is 0.303 e. The lowest BCUT2D eigenvalue weighted by atomic mass is 9.98. The van der Waals surface area contributed by atoms with Gasteiger partial charge in [-0.15, -0.1) is 0 Å². The average Bonchev–Trinajstić information content (AvgIpc) is 1.62. The van der Waals surface area contributed by atoms with Crippen molar-refractivity contribution in [3.63, 3.8) is 0 Å². The van der Waals surface area contributed by atoms with Crippen molar-refractivity contribution in [1.29, 1.82) is 0 Å². The minimum atomic E-state index is -1.57. The van der Waals surface area contributed by atoms with Gasteiger partial charge in [0.25, 0.3) is 0 Å². The van der Waals surface area contributed by atoms with Crippen molar-refractivity contribution in [3.8, 4) is 0 Å². The van der Waals surface area contributed by atoms with Crippen LogP contribution in [-0.4, -0.2) is 175 Å². The van der Waals surface area contributed by atoms with Gasteiger partial charge in [-0.2, -0.15) is 0 Å². The number of amides is 11. The van der Waals surface area contributed by atoms with Crippen LogP contribution in [0.3, 0.4) is 0 Å². The fourth-order valence-electron chi connectivity index (χ4n) is 10.4. The number of hydrogen-bond donors (Lipinski definition) is 15. The monoisotopic (exact) mass is 1340 g/mol. The number of fused-ring (bicyclic) bond motifs is 2. The SMILES string of the molecule is CCCNC(=O)[C@@H]1CSSCCC(=O)N[C@@H](C)C(=O)N[C@@H](Cc2c[nH]c3ccccc23)C(=O)N[C@@H](Cc2c[nH]cn2)C(=O)N[C@@H](CC(C)C)C(=O)NCC(=O)N[C@@H](CCC(=O)O)C(=O)N[C@@H](CC(C)C)C(=O)NC(C(C)C)C(=O)N[C@@H](Cc2c[nH]c3ccccc23)C(=O)N1. The van der Waals surface area contributed by atoms with Crippen LogP contribution in [0.4, 0.5) is 0 Å². The van der Waals surface area contributed by atoms with E-state index in [-0.39, 0.29) is 68.4 Å². The Morgan fingerprint density at radius 2 is 1.11 bits per heavy atom. The first-order valence-corrected chi connectivity index (χ1v) is 34.1. The summed E-state index contributed by atoms with van der Waals surface area (Å²) in [6, 6.07) is 2.62. The zero-order chi connectivity index (χ0) is 68.6. The third kappa shape index (κ3) is 23.0. The summed E-state index contributed by atoms with van der Waals surface area (Å²) in [5.41, 5.74) is 3.13. The van der Waals surface area contributed by atoms with E-state index in [1.807, 2.05) is 55.5 Å². The molecule has 0 spiro atoms. The molecule has 510 valence electrons. The van der Waals surface area contributed by atoms with E-state index in [4.69, 9.17) is 0 Å². The molecule has 0 saturated carbocycles. The lowest BCUT2D eigenvalue weighted by molar-refractivity contribution is -0.138. The number of carbonyl (C=O) groups is 12. The third-order valence-electron chi connectivity index (χ3n) is 15.4. The Morgan fingerprint density at radius 1 is 0.585 bits per heavy atom. The fraction of sp³-hybridized carbons (Fsp3) is 0.516. The standard InChI is InChI=1S/C64H89N15O13S2/c1-9-21-66-58(86)51-32-94-93-22-20-52(80)71-37(8)56(84)73-48(25-38-28-67-43-16-12-10-14-41(38)43)60(88)76-50(27-40-30-65-33-70-40)62(90)74-46(23-34(2)3)57(85)69-31-53(81)72-45(18-19-54(82)83)59(87)75-47(24-35(4)5)63(91)79-55(36(6)7)64(92)77-49(61(89)78-51)26-39-29-68-44-17-13-11-15-42(39)44/h10-17,28-30,33-37,45-51,55,67-68H,9,18-27,31-32H2,1-8H3,(H,65,70)(H,66,86)(H,69,85)(H,71,80)(H,72,81)(H,73,84)(H,74,90)(H,75,87)(H,76,88)(H,77,92)(H,78,89)(H,79,91)(H,82,83)/t37-,45-,46-,47-,48-,49-,50-,51-,55?/m0/s1. The van der Waals surface area contributed by atoms with Crippen LogP contribution in [0, 0.1) is 17.8 Å². The Kier molecular flexibility index (Phi) is 28.8. The number of rotatable bonds is 17. The predicted molar refractivity (Wildman–Crippen MR) is 356 cm³/mol. The van der Waals surface area contributed by atoms with Crippen LogP contribution in [0.5, 0.6) is 0 Å². The maximum atomic E-state index is 14.7. The lowest BCUT2D eigenvalue weighted by Gasteiger charge is -2.29. The van der Waals surface area contributed by atoms with Crippen molar-refractivity contribution in [2.75, 3.05) is 24.6 Å². The minimum Gasteiger partial charge on any atom is -0.481 e.